The molecule has 33 heavy (non-hydrogen) atoms. The zero-order valence-electron chi connectivity index (χ0n) is 19.8. The van der Waals surface area contributed by atoms with Crippen LogP contribution in [0.25, 0.3) is 0 Å². The third-order valence-corrected chi connectivity index (χ3v) is 7.25. The second-order valence-electron chi connectivity index (χ2n) is 9.91. The fourth-order valence-corrected chi connectivity index (χ4v) is 5.16. The minimum absolute atomic E-state index is 0.0622. The van der Waals surface area contributed by atoms with Crippen molar-refractivity contribution in [1.82, 2.24) is 20.4 Å². The van der Waals surface area contributed by atoms with Gasteiger partial charge in [0.25, 0.3) is 0 Å². The second kappa shape index (κ2) is 9.19. The highest BCUT2D eigenvalue weighted by Gasteiger charge is 2.43. The van der Waals surface area contributed by atoms with Crippen molar-refractivity contribution in [2.75, 3.05) is 42.6 Å². The minimum Gasteiger partial charge on any atom is -0.477 e. The van der Waals surface area contributed by atoms with E-state index in [0.29, 0.717) is 31.6 Å². The van der Waals surface area contributed by atoms with Gasteiger partial charge in [0.1, 0.15) is 0 Å². The second-order valence-corrected chi connectivity index (χ2v) is 9.91. The van der Waals surface area contributed by atoms with Crippen LogP contribution in [0.5, 0.6) is 5.88 Å². The Labute approximate surface area is 194 Å². The van der Waals surface area contributed by atoms with Gasteiger partial charge in [0.2, 0.25) is 5.88 Å². The number of hydrogen-bond acceptors (Lipinski definition) is 7. The van der Waals surface area contributed by atoms with Crippen molar-refractivity contribution < 1.29 is 14.1 Å². The molecule has 2 amide bonds. The summed E-state index contributed by atoms with van der Waals surface area (Å²) < 4.78 is 11.5. The number of nitrogens with one attached hydrogen (secondary N) is 1. The van der Waals surface area contributed by atoms with E-state index >= 15 is 0 Å². The van der Waals surface area contributed by atoms with E-state index < -0.39 is 0 Å². The van der Waals surface area contributed by atoms with Crippen molar-refractivity contribution in [2.45, 2.75) is 52.4 Å². The largest absolute Gasteiger partial charge is 0.477 e. The lowest BCUT2D eigenvalue weighted by atomic mass is 9.90. The van der Waals surface area contributed by atoms with Crippen molar-refractivity contribution in [1.29, 1.82) is 0 Å². The minimum atomic E-state index is -0.0622. The average molecular weight is 455 g/mol. The third kappa shape index (κ3) is 4.77. The Bertz CT molecular complexity index is 984. The van der Waals surface area contributed by atoms with Gasteiger partial charge in [0, 0.05) is 37.7 Å². The topological polar surface area (TPSA) is 96.6 Å². The molecule has 5 rings (SSSR count). The molecular formula is C24H34N6O3. The number of anilines is 2. The number of nitrogens with zero attached hydrogens (tertiary/aromatic N) is 5. The van der Waals surface area contributed by atoms with Crippen molar-refractivity contribution in [3.05, 3.63) is 23.7 Å². The van der Waals surface area contributed by atoms with Gasteiger partial charge in [-0.2, -0.15) is 4.98 Å². The number of ether oxygens (including phenoxy) is 1. The number of hydrogen-bond donors (Lipinski definition) is 1. The summed E-state index contributed by atoms with van der Waals surface area (Å²) in [6.07, 6.45) is 6.49. The molecule has 1 aliphatic carbocycles. The maximum Gasteiger partial charge on any atom is 0.324 e. The molecule has 2 aromatic heterocycles. The molecule has 1 saturated carbocycles. The predicted octanol–water partition coefficient (Wildman–Crippen LogP) is 3.75. The zero-order valence-corrected chi connectivity index (χ0v) is 19.8. The normalized spacial score (nSPS) is 23.3. The maximum absolute atomic E-state index is 11.8. The van der Waals surface area contributed by atoms with Crippen LogP contribution in [0.1, 0.15) is 56.8 Å². The van der Waals surface area contributed by atoms with E-state index in [4.69, 9.17) is 9.26 Å². The molecule has 0 spiro atoms. The maximum atomic E-state index is 11.8. The van der Waals surface area contributed by atoms with Crippen molar-refractivity contribution in [2.24, 2.45) is 17.8 Å². The van der Waals surface area contributed by atoms with Gasteiger partial charge < -0.3 is 19.5 Å². The number of carbonyl (C=O) groups is 1. The lowest BCUT2D eigenvalue weighted by molar-refractivity contribution is 0.252. The Morgan fingerprint density at radius 1 is 1.27 bits per heavy atom. The van der Waals surface area contributed by atoms with E-state index in [1.54, 1.807) is 11.1 Å². The smallest absolute Gasteiger partial charge is 0.324 e. The number of rotatable bonds is 8. The summed E-state index contributed by atoms with van der Waals surface area (Å²) in [5.74, 6) is 4.10. The lowest BCUT2D eigenvalue weighted by Crippen LogP contribution is -2.34. The molecule has 0 radical (unpaired) electrons. The van der Waals surface area contributed by atoms with Gasteiger partial charge in [0.05, 0.1) is 18.5 Å². The molecule has 2 saturated heterocycles. The molecule has 3 fully saturated rings. The number of amides is 2. The fourth-order valence-electron chi connectivity index (χ4n) is 5.16. The first-order chi connectivity index (χ1) is 16.0. The standard InChI is InChI=1S/C24H34N6O3/c1-15(2)21-27-24(33-28-21)29-8-4-17(5-9-29)20-13-18(20)6-11-32-22-16(3)12-19(14-26-22)30-10-7-25-23(30)31/h12,14-15,17-18,20H,4-11,13H2,1-3H3,(H,25,31)/t18?,20-/m1/s1. The zero-order chi connectivity index (χ0) is 22.9. The summed E-state index contributed by atoms with van der Waals surface area (Å²) in [5, 5.41) is 6.91. The summed E-state index contributed by atoms with van der Waals surface area (Å²) in [6.45, 7) is 10.2. The molecule has 0 bridgehead atoms. The van der Waals surface area contributed by atoms with Crippen LogP contribution in [0.4, 0.5) is 16.5 Å². The van der Waals surface area contributed by atoms with Crippen molar-refractivity contribution in [3.8, 4) is 5.88 Å². The van der Waals surface area contributed by atoms with Crippen molar-refractivity contribution >= 4 is 17.7 Å². The molecule has 2 atom stereocenters. The Balaban J connectivity index is 1.05. The number of aryl methyl sites for hydroxylation is 1. The first-order valence-electron chi connectivity index (χ1n) is 12.2. The molecule has 0 aromatic carbocycles. The van der Waals surface area contributed by atoms with Gasteiger partial charge in [-0.1, -0.05) is 19.0 Å². The van der Waals surface area contributed by atoms with Crippen LogP contribution in [0.15, 0.2) is 16.8 Å². The van der Waals surface area contributed by atoms with Gasteiger partial charge >= 0.3 is 12.0 Å². The Morgan fingerprint density at radius 3 is 2.76 bits per heavy atom. The lowest BCUT2D eigenvalue weighted by Gasteiger charge is -2.30. The molecule has 1 unspecified atom stereocenters. The highest BCUT2D eigenvalue weighted by Crippen LogP contribution is 2.50. The Hall–Kier alpha value is -2.84. The summed E-state index contributed by atoms with van der Waals surface area (Å²) in [5.41, 5.74) is 1.79. The molecule has 9 heteroatoms. The highest BCUT2D eigenvalue weighted by molar-refractivity contribution is 5.93. The van der Waals surface area contributed by atoms with Crippen LogP contribution < -0.4 is 19.9 Å². The van der Waals surface area contributed by atoms with Gasteiger partial charge in [0.15, 0.2) is 5.82 Å². The van der Waals surface area contributed by atoms with E-state index in [0.717, 1.165) is 54.3 Å². The molecular weight excluding hydrogens is 420 g/mol. The van der Waals surface area contributed by atoms with Crippen LogP contribution in [0.2, 0.25) is 0 Å². The summed E-state index contributed by atoms with van der Waals surface area (Å²) in [7, 11) is 0. The van der Waals surface area contributed by atoms with Crippen LogP contribution in [-0.4, -0.2) is 53.9 Å². The Kier molecular flexibility index (Phi) is 6.12. The first-order valence-corrected chi connectivity index (χ1v) is 12.2. The monoisotopic (exact) mass is 454 g/mol. The van der Waals surface area contributed by atoms with E-state index in [1.165, 1.54) is 19.3 Å². The number of carbonyl (C=O) groups excluding carboxylic acids is 1. The Morgan fingerprint density at radius 2 is 2.09 bits per heavy atom. The number of aromatic nitrogens is 3. The highest BCUT2D eigenvalue weighted by atomic mass is 16.5. The van der Waals surface area contributed by atoms with E-state index in [1.807, 2.05) is 13.0 Å². The van der Waals surface area contributed by atoms with Gasteiger partial charge in [-0.25, -0.2) is 9.78 Å². The fraction of sp³-hybridized carbons (Fsp3) is 0.667. The van der Waals surface area contributed by atoms with Crippen LogP contribution in [0.3, 0.4) is 0 Å². The van der Waals surface area contributed by atoms with Crippen molar-refractivity contribution in [3.63, 3.8) is 0 Å². The van der Waals surface area contributed by atoms with Gasteiger partial charge in [-0.3, -0.25) is 4.90 Å². The molecule has 2 aromatic rings. The number of urea groups is 1. The molecule has 3 aliphatic rings. The molecule has 2 aliphatic heterocycles. The molecule has 1 N–H and O–H groups in total. The summed E-state index contributed by atoms with van der Waals surface area (Å²) in [4.78, 5) is 24.8. The number of piperidine rings is 1. The van der Waals surface area contributed by atoms with Crippen LogP contribution >= 0.6 is 0 Å². The van der Waals surface area contributed by atoms with Gasteiger partial charge in [-0.15, -0.1) is 0 Å². The third-order valence-electron chi connectivity index (χ3n) is 7.25. The quantitative estimate of drug-likeness (QED) is 0.649. The average Bonchev–Trinajstić information content (AvgIpc) is 3.18. The van der Waals surface area contributed by atoms with Gasteiger partial charge in [-0.05, 0) is 56.4 Å². The van der Waals surface area contributed by atoms with E-state index in [9.17, 15) is 4.79 Å². The molecule has 178 valence electrons. The molecule has 9 nitrogen and oxygen atoms in total. The first kappa shape index (κ1) is 22.0. The number of pyridine rings is 1. The van der Waals surface area contributed by atoms with Crippen LogP contribution in [-0.2, 0) is 0 Å². The van der Waals surface area contributed by atoms with Crippen LogP contribution in [0, 0.1) is 24.7 Å². The van der Waals surface area contributed by atoms with E-state index in [2.05, 4.69) is 39.2 Å². The van der Waals surface area contributed by atoms with E-state index in [-0.39, 0.29) is 11.9 Å². The summed E-state index contributed by atoms with van der Waals surface area (Å²) in [6, 6.07) is 2.60. The summed E-state index contributed by atoms with van der Waals surface area (Å²) >= 11 is 0. The SMILES string of the molecule is Cc1cc(N2CCNC2=O)cnc1OCCC1C[C@@H]1C1CCN(c2nc(C(C)C)no2)CC1. The predicted molar refractivity (Wildman–Crippen MR) is 125 cm³/mol. The molecule has 4 heterocycles.